The average Bonchev–Trinajstić information content (AvgIpc) is 2.48. The molecule has 0 amide bonds. The second kappa shape index (κ2) is 6.41. The van der Waals surface area contributed by atoms with Crippen molar-refractivity contribution in [1.29, 1.82) is 0 Å². The van der Waals surface area contributed by atoms with E-state index in [9.17, 15) is 24.3 Å². The second-order valence-corrected chi connectivity index (χ2v) is 5.06. The van der Waals surface area contributed by atoms with Crippen molar-refractivity contribution >= 4 is 28.8 Å². The summed E-state index contributed by atoms with van der Waals surface area (Å²) in [6.45, 7) is 0. The highest BCUT2D eigenvalue weighted by Crippen LogP contribution is 2.21. The summed E-state index contributed by atoms with van der Waals surface area (Å²) in [6, 6.07) is 8.93. The molecule has 1 heterocycles. The predicted molar refractivity (Wildman–Crippen MR) is 79.7 cm³/mol. The Morgan fingerprint density at radius 1 is 0.958 bits per heavy atom. The van der Waals surface area contributed by atoms with Gasteiger partial charge in [-0.05, 0) is 12.1 Å². The quantitative estimate of drug-likeness (QED) is 0.651. The monoisotopic (exact) mass is 335 g/mol. The summed E-state index contributed by atoms with van der Waals surface area (Å²) in [5.41, 5.74) is -3.20. The molecule has 1 aromatic carbocycles. The molecular formula is C15H13NO8. The lowest BCUT2D eigenvalue weighted by atomic mass is 9.95. The van der Waals surface area contributed by atoms with Crippen LogP contribution in [0.5, 0.6) is 0 Å². The Bertz CT molecular complexity index is 853. The van der Waals surface area contributed by atoms with Gasteiger partial charge in [0.2, 0.25) is 0 Å². The normalized spacial score (nSPS) is 11.2. The minimum atomic E-state index is -2.63. The molecule has 0 radical (unpaired) electrons. The number of hydrogen-bond acceptors (Lipinski definition) is 5. The van der Waals surface area contributed by atoms with Crippen LogP contribution >= 0.6 is 0 Å². The molecule has 3 N–H and O–H groups in total. The Morgan fingerprint density at radius 3 is 2.08 bits per heavy atom. The third-order valence-corrected chi connectivity index (χ3v) is 3.29. The van der Waals surface area contributed by atoms with Crippen molar-refractivity contribution in [3.8, 4) is 0 Å². The summed E-state index contributed by atoms with van der Waals surface area (Å²) in [6.07, 6.45) is -2.27. The number of rotatable bonds is 7. The number of carboxylic acids is 3. The van der Waals surface area contributed by atoms with Gasteiger partial charge in [-0.25, -0.2) is 4.79 Å². The van der Waals surface area contributed by atoms with Crippen molar-refractivity contribution in [2.45, 2.75) is 18.4 Å². The van der Waals surface area contributed by atoms with E-state index in [1.54, 1.807) is 18.2 Å². The first-order valence-electron chi connectivity index (χ1n) is 6.72. The van der Waals surface area contributed by atoms with E-state index < -0.39 is 41.9 Å². The maximum atomic E-state index is 12.1. The summed E-state index contributed by atoms with van der Waals surface area (Å²) >= 11 is 0. The molecule has 0 saturated heterocycles. The van der Waals surface area contributed by atoms with E-state index in [0.717, 1.165) is 6.07 Å². The molecule has 0 aliphatic heterocycles. The number of carboxylic acid groups (broad SMARTS) is 3. The number of hydrogen-bond donors (Lipinski definition) is 3. The van der Waals surface area contributed by atoms with E-state index in [1.165, 1.54) is 12.1 Å². The minimum Gasteiger partial charge on any atom is -0.481 e. The molecule has 9 nitrogen and oxygen atoms in total. The van der Waals surface area contributed by atoms with Crippen LogP contribution in [0.25, 0.3) is 10.9 Å². The molecule has 0 aliphatic rings. The number of aromatic nitrogens is 1. The topological polar surface area (TPSA) is 143 Å². The van der Waals surface area contributed by atoms with E-state index in [4.69, 9.17) is 15.1 Å². The highest BCUT2D eigenvalue weighted by molar-refractivity contribution is 5.88. The lowest BCUT2D eigenvalue weighted by molar-refractivity contribution is -0.178. The molecule has 126 valence electrons. The molecule has 2 aromatic rings. The van der Waals surface area contributed by atoms with Gasteiger partial charge in [-0.2, -0.15) is 0 Å². The molecule has 0 saturated carbocycles. The summed E-state index contributed by atoms with van der Waals surface area (Å²) in [5, 5.41) is 27.8. The van der Waals surface area contributed by atoms with Crippen LogP contribution in [0.15, 0.2) is 41.2 Å². The molecule has 0 bridgehead atoms. The third-order valence-electron chi connectivity index (χ3n) is 3.29. The van der Waals surface area contributed by atoms with Crippen molar-refractivity contribution in [1.82, 2.24) is 4.73 Å². The fourth-order valence-corrected chi connectivity index (χ4v) is 2.24. The van der Waals surface area contributed by atoms with Crippen LogP contribution in [0.2, 0.25) is 0 Å². The maximum absolute atomic E-state index is 12.1. The molecule has 0 fully saturated rings. The fraction of sp³-hybridized carbons (Fsp3) is 0.200. The molecular weight excluding hydrogens is 322 g/mol. The number of carbonyl (C=O) groups is 3. The SMILES string of the molecule is O=C(O)CC(CC(=O)O)(On1c(=O)ccc2ccccc21)C(=O)O. The van der Waals surface area contributed by atoms with Crippen molar-refractivity contribution in [2.24, 2.45) is 0 Å². The van der Waals surface area contributed by atoms with Crippen LogP contribution in [0.3, 0.4) is 0 Å². The van der Waals surface area contributed by atoms with Gasteiger partial charge in [0.05, 0.1) is 18.4 Å². The largest absolute Gasteiger partial charge is 0.481 e. The van der Waals surface area contributed by atoms with Crippen LogP contribution in [-0.2, 0) is 14.4 Å². The Kier molecular flexibility index (Phi) is 4.54. The summed E-state index contributed by atoms with van der Waals surface area (Å²) in [7, 11) is 0. The maximum Gasteiger partial charge on any atom is 0.352 e. The van der Waals surface area contributed by atoms with Gasteiger partial charge in [0, 0.05) is 11.5 Å². The highest BCUT2D eigenvalue weighted by atomic mass is 16.7. The zero-order chi connectivity index (χ0) is 17.9. The van der Waals surface area contributed by atoms with E-state index in [0.29, 0.717) is 10.1 Å². The van der Waals surface area contributed by atoms with Gasteiger partial charge >= 0.3 is 17.9 Å². The number of pyridine rings is 1. The Morgan fingerprint density at radius 2 is 1.54 bits per heavy atom. The zero-order valence-electron chi connectivity index (χ0n) is 12.2. The lowest BCUT2D eigenvalue weighted by Crippen LogP contribution is -2.53. The van der Waals surface area contributed by atoms with Crippen LogP contribution in [0.1, 0.15) is 12.8 Å². The first-order valence-corrected chi connectivity index (χ1v) is 6.72. The summed E-state index contributed by atoms with van der Waals surface area (Å²) in [5.74, 6) is -4.95. The summed E-state index contributed by atoms with van der Waals surface area (Å²) < 4.78 is 0.606. The first kappa shape index (κ1) is 17.0. The van der Waals surface area contributed by atoms with Gasteiger partial charge in [-0.3, -0.25) is 14.4 Å². The van der Waals surface area contributed by atoms with Gasteiger partial charge in [-0.1, -0.05) is 18.2 Å². The Hall–Kier alpha value is -3.36. The highest BCUT2D eigenvalue weighted by Gasteiger charge is 2.47. The second-order valence-electron chi connectivity index (χ2n) is 5.06. The number of para-hydroxylation sites is 1. The molecule has 0 unspecified atom stereocenters. The Balaban J connectivity index is 2.63. The van der Waals surface area contributed by atoms with Crippen molar-refractivity contribution in [3.05, 3.63) is 46.8 Å². The number of benzene rings is 1. The smallest absolute Gasteiger partial charge is 0.352 e. The molecule has 1 aromatic heterocycles. The molecule has 9 heteroatoms. The standard InChI is InChI=1S/C15H13NO8/c17-11-6-5-9-3-1-2-4-10(9)16(11)24-15(14(22)23,7-12(18)19)8-13(20)21/h1-6H,7-8H2,(H,18,19)(H,20,21)(H,22,23). The van der Waals surface area contributed by atoms with Crippen molar-refractivity contribution < 1.29 is 34.5 Å². The Labute approximate surface area is 134 Å². The summed E-state index contributed by atoms with van der Waals surface area (Å²) in [4.78, 5) is 50.8. The van der Waals surface area contributed by atoms with Gasteiger partial charge in [-0.15, -0.1) is 4.73 Å². The van der Waals surface area contributed by atoms with Gasteiger partial charge in [0.15, 0.2) is 0 Å². The first-order chi connectivity index (χ1) is 11.2. The van der Waals surface area contributed by atoms with Crippen LogP contribution in [0.4, 0.5) is 0 Å². The fourth-order valence-electron chi connectivity index (χ4n) is 2.24. The molecule has 2 rings (SSSR count). The number of fused-ring (bicyclic) bond motifs is 1. The van der Waals surface area contributed by atoms with Crippen LogP contribution in [-0.4, -0.2) is 43.6 Å². The third kappa shape index (κ3) is 3.35. The van der Waals surface area contributed by atoms with Gasteiger partial charge in [0.1, 0.15) is 0 Å². The average molecular weight is 335 g/mol. The molecule has 0 aliphatic carbocycles. The lowest BCUT2D eigenvalue weighted by Gasteiger charge is -2.27. The van der Waals surface area contributed by atoms with E-state index in [2.05, 4.69) is 0 Å². The molecule has 0 spiro atoms. The molecule has 24 heavy (non-hydrogen) atoms. The van der Waals surface area contributed by atoms with Crippen molar-refractivity contribution in [3.63, 3.8) is 0 Å². The van der Waals surface area contributed by atoms with Crippen LogP contribution in [0, 0.1) is 0 Å². The number of nitrogens with zero attached hydrogens (tertiary/aromatic N) is 1. The van der Waals surface area contributed by atoms with Gasteiger partial charge in [0.25, 0.3) is 11.2 Å². The molecule has 0 atom stereocenters. The minimum absolute atomic E-state index is 0.186. The predicted octanol–water partition coefficient (Wildman–Crippen LogP) is 0.203. The number of aliphatic carboxylic acids is 3. The zero-order valence-corrected chi connectivity index (χ0v) is 12.2. The van der Waals surface area contributed by atoms with Crippen molar-refractivity contribution in [2.75, 3.05) is 0 Å². The van der Waals surface area contributed by atoms with E-state index in [-0.39, 0.29) is 5.52 Å². The van der Waals surface area contributed by atoms with E-state index >= 15 is 0 Å². The van der Waals surface area contributed by atoms with Gasteiger partial charge < -0.3 is 20.2 Å². The van der Waals surface area contributed by atoms with Crippen LogP contribution < -0.4 is 10.4 Å². The van der Waals surface area contributed by atoms with E-state index in [1.807, 2.05) is 0 Å².